The van der Waals surface area contributed by atoms with Gasteiger partial charge >= 0.3 is 0 Å². The van der Waals surface area contributed by atoms with Gasteiger partial charge in [-0.25, -0.2) is 0 Å². The Kier molecular flexibility index (Phi) is 3.94. The molecule has 2 N–H and O–H groups in total. The van der Waals surface area contributed by atoms with E-state index in [4.69, 9.17) is 0 Å². The molecule has 1 aromatic heterocycles. The monoisotopic (exact) mass is 342 g/mol. The van der Waals surface area contributed by atoms with Crippen molar-refractivity contribution in [2.24, 2.45) is 5.92 Å². The Bertz CT molecular complexity index is 951. The van der Waals surface area contributed by atoms with E-state index >= 15 is 0 Å². The summed E-state index contributed by atoms with van der Waals surface area (Å²) in [5.74, 6) is 1.30. The normalized spacial score (nSPS) is 25.7. The lowest BCUT2D eigenvalue weighted by atomic mass is 9.74. The van der Waals surface area contributed by atoms with Gasteiger partial charge in [0.25, 0.3) is 0 Å². The van der Waals surface area contributed by atoms with Crippen molar-refractivity contribution in [1.82, 2.24) is 10.3 Å². The molecule has 0 bridgehead atoms. The van der Waals surface area contributed by atoms with Crippen LogP contribution in [0.25, 0.3) is 16.5 Å². The van der Waals surface area contributed by atoms with Crippen LogP contribution < -0.4 is 5.32 Å². The number of para-hydroxylation sites is 1. The summed E-state index contributed by atoms with van der Waals surface area (Å²) in [5.41, 5.74) is 7.22. The third-order valence-corrected chi connectivity index (χ3v) is 6.34. The van der Waals surface area contributed by atoms with Crippen molar-refractivity contribution in [2.45, 2.75) is 38.1 Å². The molecule has 0 saturated carbocycles. The van der Waals surface area contributed by atoms with Crippen molar-refractivity contribution in [3.05, 3.63) is 77.5 Å². The van der Waals surface area contributed by atoms with E-state index in [1.54, 1.807) is 5.56 Å². The van der Waals surface area contributed by atoms with E-state index in [0.717, 1.165) is 13.0 Å². The molecule has 2 aromatic carbocycles. The second kappa shape index (κ2) is 6.44. The standard InChI is InChI=1S/C24H26N2/c1-16-13-19(14-21-20-9-5-6-10-22(20)26-24(16)21)23-15-18(11-12-25-23)17-7-3-2-4-8-17/h2-11,16,19,23,25-26H,12-15H2,1H3. The van der Waals surface area contributed by atoms with Crippen molar-refractivity contribution in [1.29, 1.82) is 0 Å². The van der Waals surface area contributed by atoms with Crippen molar-refractivity contribution < 1.29 is 0 Å². The third-order valence-electron chi connectivity index (χ3n) is 6.34. The van der Waals surface area contributed by atoms with E-state index in [-0.39, 0.29) is 0 Å². The Hall–Kier alpha value is -2.32. The molecule has 0 saturated heterocycles. The van der Waals surface area contributed by atoms with Gasteiger partial charge in [-0.15, -0.1) is 0 Å². The lowest BCUT2D eigenvalue weighted by molar-refractivity contribution is 0.306. The Morgan fingerprint density at radius 2 is 1.73 bits per heavy atom. The highest BCUT2D eigenvalue weighted by Crippen LogP contribution is 2.41. The van der Waals surface area contributed by atoms with Gasteiger partial charge < -0.3 is 10.3 Å². The van der Waals surface area contributed by atoms with Gasteiger partial charge in [-0.2, -0.15) is 0 Å². The first kappa shape index (κ1) is 15.9. The van der Waals surface area contributed by atoms with E-state index in [9.17, 15) is 0 Å². The number of hydrogen-bond acceptors (Lipinski definition) is 1. The van der Waals surface area contributed by atoms with E-state index in [2.05, 4.69) is 77.9 Å². The summed E-state index contributed by atoms with van der Waals surface area (Å²) in [4.78, 5) is 3.69. The van der Waals surface area contributed by atoms with Crippen molar-refractivity contribution in [3.8, 4) is 0 Å². The van der Waals surface area contributed by atoms with E-state index in [0.29, 0.717) is 17.9 Å². The number of aromatic nitrogens is 1. The van der Waals surface area contributed by atoms with Crippen LogP contribution in [0.15, 0.2) is 60.7 Å². The SMILES string of the molecule is CC1CC(C2CC(c3ccccc3)=CCN2)Cc2c1[nH]c1ccccc21. The van der Waals surface area contributed by atoms with Crippen LogP contribution in [0, 0.1) is 5.92 Å². The second-order valence-corrected chi connectivity index (χ2v) is 7.98. The molecule has 2 heteroatoms. The summed E-state index contributed by atoms with van der Waals surface area (Å²) in [7, 11) is 0. The molecule has 5 rings (SSSR count). The highest BCUT2D eigenvalue weighted by molar-refractivity contribution is 5.85. The Morgan fingerprint density at radius 1 is 0.923 bits per heavy atom. The third kappa shape index (κ3) is 2.69. The number of benzene rings is 2. The lowest BCUT2D eigenvalue weighted by Gasteiger charge is -2.36. The average Bonchev–Trinajstić information content (AvgIpc) is 3.08. The molecule has 3 atom stereocenters. The number of H-pyrrole nitrogens is 1. The fourth-order valence-corrected chi connectivity index (χ4v) is 5.03. The first-order chi connectivity index (χ1) is 12.8. The predicted molar refractivity (Wildman–Crippen MR) is 109 cm³/mol. The zero-order valence-corrected chi connectivity index (χ0v) is 15.3. The highest BCUT2D eigenvalue weighted by atomic mass is 14.9. The molecule has 26 heavy (non-hydrogen) atoms. The highest BCUT2D eigenvalue weighted by Gasteiger charge is 2.33. The molecule has 2 nitrogen and oxygen atoms in total. The molecule has 132 valence electrons. The molecule has 1 aliphatic heterocycles. The zero-order valence-electron chi connectivity index (χ0n) is 15.3. The molecule has 1 aliphatic carbocycles. The first-order valence-corrected chi connectivity index (χ1v) is 9.87. The number of aromatic amines is 1. The molecular formula is C24H26N2. The predicted octanol–water partition coefficient (Wildman–Crippen LogP) is 5.28. The smallest absolute Gasteiger partial charge is 0.0459 e. The van der Waals surface area contributed by atoms with E-state index < -0.39 is 0 Å². The van der Waals surface area contributed by atoms with Gasteiger partial charge in [0.2, 0.25) is 0 Å². The molecular weight excluding hydrogens is 316 g/mol. The summed E-state index contributed by atoms with van der Waals surface area (Å²) in [5, 5.41) is 5.22. The zero-order chi connectivity index (χ0) is 17.5. The van der Waals surface area contributed by atoms with Crippen LogP contribution in [0.4, 0.5) is 0 Å². The van der Waals surface area contributed by atoms with Crippen LogP contribution in [-0.4, -0.2) is 17.6 Å². The minimum Gasteiger partial charge on any atom is -0.358 e. The van der Waals surface area contributed by atoms with Gasteiger partial charge in [0, 0.05) is 29.2 Å². The summed E-state index contributed by atoms with van der Waals surface area (Å²) in [6.45, 7) is 3.37. The molecule has 3 aromatic rings. The molecule has 0 amide bonds. The van der Waals surface area contributed by atoms with Crippen LogP contribution in [0.5, 0.6) is 0 Å². The Balaban J connectivity index is 1.42. The maximum absolute atomic E-state index is 3.79. The number of rotatable bonds is 2. The largest absolute Gasteiger partial charge is 0.358 e. The molecule has 0 spiro atoms. The average molecular weight is 342 g/mol. The summed E-state index contributed by atoms with van der Waals surface area (Å²) in [6, 6.07) is 20.2. The van der Waals surface area contributed by atoms with Gasteiger partial charge in [0.1, 0.15) is 0 Å². The fourth-order valence-electron chi connectivity index (χ4n) is 5.03. The van der Waals surface area contributed by atoms with E-state index in [1.165, 1.54) is 40.6 Å². The minimum absolute atomic E-state index is 0.569. The van der Waals surface area contributed by atoms with Crippen molar-refractivity contribution in [2.75, 3.05) is 6.54 Å². The van der Waals surface area contributed by atoms with Gasteiger partial charge in [-0.1, -0.05) is 61.5 Å². The molecule has 2 aliphatic rings. The summed E-state index contributed by atoms with van der Waals surface area (Å²) >= 11 is 0. The Labute approximate surface area is 155 Å². The molecule has 3 unspecified atom stereocenters. The summed E-state index contributed by atoms with van der Waals surface area (Å²) in [6.07, 6.45) is 5.96. The molecule has 0 fully saturated rings. The quantitative estimate of drug-likeness (QED) is 0.651. The first-order valence-electron chi connectivity index (χ1n) is 9.87. The molecule has 0 radical (unpaired) electrons. The lowest BCUT2D eigenvalue weighted by Crippen LogP contribution is -2.41. The maximum Gasteiger partial charge on any atom is 0.0459 e. The number of fused-ring (bicyclic) bond motifs is 3. The van der Waals surface area contributed by atoms with Gasteiger partial charge in [-0.05, 0) is 53.9 Å². The van der Waals surface area contributed by atoms with Crippen LogP contribution >= 0.6 is 0 Å². The van der Waals surface area contributed by atoms with Crippen molar-refractivity contribution >= 4 is 16.5 Å². The van der Waals surface area contributed by atoms with E-state index in [1.807, 2.05) is 0 Å². The molecule has 2 heterocycles. The van der Waals surface area contributed by atoms with Gasteiger partial charge in [-0.3, -0.25) is 0 Å². The Morgan fingerprint density at radius 3 is 2.62 bits per heavy atom. The topological polar surface area (TPSA) is 27.8 Å². The summed E-state index contributed by atoms with van der Waals surface area (Å²) < 4.78 is 0. The van der Waals surface area contributed by atoms with Crippen molar-refractivity contribution in [3.63, 3.8) is 0 Å². The van der Waals surface area contributed by atoms with Crippen LogP contribution in [-0.2, 0) is 6.42 Å². The minimum atomic E-state index is 0.569. The maximum atomic E-state index is 3.79. The second-order valence-electron chi connectivity index (χ2n) is 7.98. The van der Waals surface area contributed by atoms with Crippen LogP contribution in [0.2, 0.25) is 0 Å². The van der Waals surface area contributed by atoms with Crippen LogP contribution in [0.3, 0.4) is 0 Å². The van der Waals surface area contributed by atoms with Crippen LogP contribution in [0.1, 0.15) is 42.5 Å². The number of hydrogen-bond donors (Lipinski definition) is 2. The van der Waals surface area contributed by atoms with Gasteiger partial charge in [0.05, 0.1) is 0 Å². The van der Waals surface area contributed by atoms with Gasteiger partial charge in [0.15, 0.2) is 0 Å². The number of nitrogens with one attached hydrogen (secondary N) is 2. The fraction of sp³-hybridized carbons (Fsp3) is 0.333.